The molecule has 0 unspecified atom stereocenters. The number of nitrogens with zero attached hydrogens (tertiary/aromatic N) is 3. The van der Waals surface area contributed by atoms with E-state index in [2.05, 4.69) is 25.0 Å². The van der Waals surface area contributed by atoms with E-state index in [-0.39, 0.29) is 11.9 Å². The second-order valence-electron chi connectivity index (χ2n) is 6.22. The first-order chi connectivity index (χ1) is 9.49. The van der Waals surface area contributed by atoms with Gasteiger partial charge in [-0.15, -0.1) is 0 Å². The maximum absolute atomic E-state index is 12.3. The van der Waals surface area contributed by atoms with Crippen LogP contribution in [-0.2, 0) is 11.8 Å². The highest BCUT2D eigenvalue weighted by Gasteiger charge is 2.28. The summed E-state index contributed by atoms with van der Waals surface area (Å²) in [5.74, 6) is 1.08. The van der Waals surface area contributed by atoms with E-state index in [9.17, 15) is 4.79 Å². The lowest BCUT2D eigenvalue weighted by molar-refractivity contribution is -0.134. The minimum atomic E-state index is -0.344. The Morgan fingerprint density at radius 2 is 2.10 bits per heavy atom. The standard InChI is InChI=1S/C15H26N4O/c1-11(2)10-13(16)15(20)19-8-5-12(6-9-19)14-4-7-17-18(14)3/h4,7,11-13H,5-6,8-10,16H2,1-3H3/t13-/m0/s1. The Labute approximate surface area is 121 Å². The molecule has 0 aromatic carbocycles. The molecule has 20 heavy (non-hydrogen) atoms. The monoisotopic (exact) mass is 278 g/mol. The number of rotatable bonds is 4. The molecule has 1 fully saturated rings. The van der Waals surface area contributed by atoms with Gasteiger partial charge in [0.2, 0.25) is 5.91 Å². The van der Waals surface area contributed by atoms with Gasteiger partial charge in [-0.05, 0) is 31.2 Å². The zero-order chi connectivity index (χ0) is 14.7. The van der Waals surface area contributed by atoms with Gasteiger partial charge >= 0.3 is 0 Å². The number of nitrogens with two attached hydrogens (primary N) is 1. The van der Waals surface area contributed by atoms with Crippen molar-refractivity contribution >= 4 is 5.91 Å². The Balaban J connectivity index is 1.88. The van der Waals surface area contributed by atoms with Gasteiger partial charge in [0.1, 0.15) is 0 Å². The third kappa shape index (κ3) is 3.39. The molecule has 0 aliphatic carbocycles. The summed E-state index contributed by atoms with van der Waals surface area (Å²) in [7, 11) is 1.98. The Kier molecular flexibility index (Phi) is 4.81. The van der Waals surface area contributed by atoms with E-state index < -0.39 is 0 Å². The van der Waals surface area contributed by atoms with Crippen LogP contribution in [-0.4, -0.2) is 39.7 Å². The predicted molar refractivity (Wildman–Crippen MR) is 79.2 cm³/mol. The molecule has 1 aromatic rings. The van der Waals surface area contributed by atoms with E-state index in [1.807, 2.05) is 22.8 Å². The molecule has 112 valence electrons. The van der Waals surface area contributed by atoms with Crippen molar-refractivity contribution in [1.82, 2.24) is 14.7 Å². The topological polar surface area (TPSA) is 64.2 Å². The average Bonchev–Trinajstić information content (AvgIpc) is 2.83. The summed E-state index contributed by atoms with van der Waals surface area (Å²) in [4.78, 5) is 14.2. The molecule has 5 nitrogen and oxygen atoms in total. The molecule has 1 aliphatic heterocycles. The van der Waals surface area contributed by atoms with Gasteiger partial charge in [0, 0.05) is 37.9 Å². The third-order valence-electron chi connectivity index (χ3n) is 4.13. The van der Waals surface area contributed by atoms with Crippen LogP contribution >= 0.6 is 0 Å². The van der Waals surface area contributed by atoms with Gasteiger partial charge in [0.15, 0.2) is 0 Å². The smallest absolute Gasteiger partial charge is 0.239 e. The molecule has 2 heterocycles. The van der Waals surface area contributed by atoms with E-state index in [1.165, 1.54) is 5.69 Å². The highest BCUT2D eigenvalue weighted by Crippen LogP contribution is 2.27. The number of aromatic nitrogens is 2. The molecule has 0 saturated carbocycles. The summed E-state index contributed by atoms with van der Waals surface area (Å²) in [6.07, 6.45) is 4.60. The summed E-state index contributed by atoms with van der Waals surface area (Å²) in [5, 5.41) is 4.22. The first-order valence-corrected chi connectivity index (χ1v) is 7.51. The van der Waals surface area contributed by atoms with Crippen LogP contribution in [0.4, 0.5) is 0 Å². The number of carbonyl (C=O) groups is 1. The Morgan fingerprint density at radius 1 is 1.45 bits per heavy atom. The number of likely N-dealkylation sites (tertiary alicyclic amines) is 1. The lowest BCUT2D eigenvalue weighted by Gasteiger charge is -2.33. The predicted octanol–water partition coefficient (Wildman–Crippen LogP) is 1.50. The third-order valence-corrected chi connectivity index (χ3v) is 4.13. The van der Waals surface area contributed by atoms with E-state index in [1.54, 1.807) is 0 Å². The number of amides is 1. The fourth-order valence-corrected chi connectivity index (χ4v) is 3.02. The lowest BCUT2D eigenvalue weighted by Crippen LogP contribution is -2.47. The van der Waals surface area contributed by atoms with Crippen molar-refractivity contribution in [2.75, 3.05) is 13.1 Å². The molecular weight excluding hydrogens is 252 g/mol. The zero-order valence-corrected chi connectivity index (χ0v) is 12.7. The minimum Gasteiger partial charge on any atom is -0.341 e. The lowest BCUT2D eigenvalue weighted by atomic mass is 9.92. The zero-order valence-electron chi connectivity index (χ0n) is 12.7. The highest BCUT2D eigenvalue weighted by atomic mass is 16.2. The molecular formula is C15H26N4O. The number of aryl methyl sites for hydroxylation is 1. The van der Waals surface area contributed by atoms with Gasteiger partial charge < -0.3 is 10.6 Å². The molecule has 1 saturated heterocycles. The van der Waals surface area contributed by atoms with Gasteiger partial charge in [-0.25, -0.2) is 0 Å². The molecule has 0 spiro atoms. The largest absolute Gasteiger partial charge is 0.341 e. The van der Waals surface area contributed by atoms with Crippen LogP contribution in [0.15, 0.2) is 12.3 Å². The Hall–Kier alpha value is -1.36. The summed E-state index contributed by atoms with van der Waals surface area (Å²) in [6.45, 7) is 5.81. The molecule has 0 bridgehead atoms. The minimum absolute atomic E-state index is 0.113. The molecule has 1 amide bonds. The van der Waals surface area contributed by atoms with Crippen molar-refractivity contribution in [3.63, 3.8) is 0 Å². The maximum Gasteiger partial charge on any atom is 0.239 e. The van der Waals surface area contributed by atoms with Gasteiger partial charge in [0.25, 0.3) is 0 Å². The second kappa shape index (κ2) is 6.39. The van der Waals surface area contributed by atoms with Gasteiger partial charge in [-0.3, -0.25) is 9.48 Å². The van der Waals surface area contributed by atoms with Crippen LogP contribution in [0.2, 0.25) is 0 Å². The van der Waals surface area contributed by atoms with Crippen molar-refractivity contribution in [1.29, 1.82) is 0 Å². The van der Waals surface area contributed by atoms with Crippen LogP contribution in [0.3, 0.4) is 0 Å². The molecule has 1 atom stereocenters. The van der Waals surface area contributed by atoms with Crippen molar-refractivity contribution in [3.8, 4) is 0 Å². The van der Waals surface area contributed by atoms with E-state index in [4.69, 9.17) is 5.73 Å². The van der Waals surface area contributed by atoms with E-state index >= 15 is 0 Å². The fourth-order valence-electron chi connectivity index (χ4n) is 3.02. The summed E-state index contributed by atoms with van der Waals surface area (Å²) in [5.41, 5.74) is 7.26. The summed E-state index contributed by atoms with van der Waals surface area (Å²) >= 11 is 0. The van der Waals surface area contributed by atoms with Gasteiger partial charge in [-0.1, -0.05) is 13.8 Å². The molecule has 0 radical (unpaired) electrons. The molecule has 1 aliphatic rings. The molecule has 5 heteroatoms. The normalized spacial score (nSPS) is 18.6. The number of carbonyl (C=O) groups excluding carboxylic acids is 1. The first-order valence-electron chi connectivity index (χ1n) is 7.51. The molecule has 1 aromatic heterocycles. The number of piperidine rings is 1. The van der Waals surface area contributed by atoms with Crippen LogP contribution in [0, 0.1) is 5.92 Å². The van der Waals surface area contributed by atoms with Crippen LogP contribution in [0.1, 0.15) is 44.7 Å². The van der Waals surface area contributed by atoms with Crippen molar-refractivity contribution in [2.45, 2.75) is 45.1 Å². The van der Waals surface area contributed by atoms with E-state index in [0.717, 1.165) is 32.4 Å². The van der Waals surface area contributed by atoms with Gasteiger partial charge in [-0.2, -0.15) is 5.10 Å². The average molecular weight is 278 g/mol. The first kappa shape index (κ1) is 15.0. The van der Waals surface area contributed by atoms with Crippen molar-refractivity contribution < 1.29 is 4.79 Å². The SMILES string of the molecule is CC(C)C[C@H](N)C(=O)N1CCC(c2ccnn2C)CC1. The van der Waals surface area contributed by atoms with Crippen LogP contribution in [0.25, 0.3) is 0 Å². The maximum atomic E-state index is 12.3. The number of hydrogen-bond donors (Lipinski definition) is 1. The summed E-state index contributed by atoms with van der Waals surface area (Å²) < 4.78 is 1.94. The second-order valence-corrected chi connectivity index (χ2v) is 6.22. The number of hydrogen-bond acceptors (Lipinski definition) is 3. The fraction of sp³-hybridized carbons (Fsp3) is 0.733. The highest BCUT2D eigenvalue weighted by molar-refractivity contribution is 5.81. The van der Waals surface area contributed by atoms with Crippen molar-refractivity contribution in [2.24, 2.45) is 18.7 Å². The van der Waals surface area contributed by atoms with Crippen LogP contribution < -0.4 is 5.73 Å². The molecule has 2 rings (SSSR count). The van der Waals surface area contributed by atoms with E-state index in [0.29, 0.717) is 11.8 Å². The summed E-state index contributed by atoms with van der Waals surface area (Å²) in [6, 6.07) is 1.73. The molecule has 2 N–H and O–H groups in total. The Bertz CT molecular complexity index is 446. The van der Waals surface area contributed by atoms with Crippen molar-refractivity contribution in [3.05, 3.63) is 18.0 Å². The quantitative estimate of drug-likeness (QED) is 0.907. The van der Waals surface area contributed by atoms with Gasteiger partial charge in [0.05, 0.1) is 6.04 Å². The van der Waals surface area contributed by atoms with Crippen LogP contribution in [0.5, 0.6) is 0 Å². The Morgan fingerprint density at radius 3 is 2.60 bits per heavy atom.